The van der Waals surface area contributed by atoms with E-state index < -0.39 is 5.91 Å². The number of benzene rings is 2. The SMILES string of the molecule is O=C(CCc1csc(-c2ccc(-c3ccccc3)cc2)n1)NO. The van der Waals surface area contributed by atoms with E-state index >= 15 is 0 Å². The second kappa shape index (κ2) is 7.17. The Kier molecular flexibility index (Phi) is 4.80. The van der Waals surface area contributed by atoms with Crippen molar-refractivity contribution >= 4 is 17.2 Å². The van der Waals surface area contributed by atoms with E-state index in [2.05, 4.69) is 41.4 Å². The molecule has 1 heterocycles. The number of hydrogen-bond donors (Lipinski definition) is 2. The first-order valence-corrected chi connectivity index (χ1v) is 8.17. The van der Waals surface area contributed by atoms with Crippen LogP contribution in [0.15, 0.2) is 60.0 Å². The molecule has 0 aliphatic carbocycles. The molecule has 0 aliphatic rings. The van der Waals surface area contributed by atoms with Gasteiger partial charge in [-0.1, -0.05) is 54.6 Å². The molecule has 116 valence electrons. The summed E-state index contributed by atoms with van der Waals surface area (Å²) in [5.41, 5.74) is 5.92. The Morgan fingerprint density at radius 2 is 1.65 bits per heavy atom. The van der Waals surface area contributed by atoms with E-state index in [1.807, 2.05) is 23.6 Å². The number of nitrogens with zero attached hydrogens (tertiary/aromatic N) is 1. The van der Waals surface area contributed by atoms with Crippen LogP contribution >= 0.6 is 11.3 Å². The fraction of sp³-hybridized carbons (Fsp3) is 0.111. The summed E-state index contributed by atoms with van der Waals surface area (Å²) in [6.07, 6.45) is 0.748. The van der Waals surface area contributed by atoms with Crippen molar-refractivity contribution in [2.75, 3.05) is 0 Å². The minimum Gasteiger partial charge on any atom is -0.289 e. The quantitative estimate of drug-likeness (QED) is 0.552. The number of rotatable bonds is 5. The van der Waals surface area contributed by atoms with Gasteiger partial charge in [-0.2, -0.15) is 0 Å². The summed E-state index contributed by atoms with van der Waals surface area (Å²) in [7, 11) is 0. The fourth-order valence-corrected chi connectivity index (χ4v) is 3.15. The average Bonchev–Trinajstić information content (AvgIpc) is 3.09. The number of thiazole rings is 1. The van der Waals surface area contributed by atoms with E-state index in [1.165, 1.54) is 11.1 Å². The second-order valence-electron chi connectivity index (χ2n) is 5.12. The van der Waals surface area contributed by atoms with Crippen LogP contribution in [0.2, 0.25) is 0 Å². The van der Waals surface area contributed by atoms with Crippen LogP contribution in [0.5, 0.6) is 0 Å². The summed E-state index contributed by atoms with van der Waals surface area (Å²) in [4.78, 5) is 15.6. The molecule has 0 atom stereocenters. The monoisotopic (exact) mass is 324 g/mol. The molecular weight excluding hydrogens is 308 g/mol. The van der Waals surface area contributed by atoms with Gasteiger partial charge in [-0.3, -0.25) is 10.0 Å². The van der Waals surface area contributed by atoms with Crippen LogP contribution in [0.25, 0.3) is 21.7 Å². The minimum absolute atomic E-state index is 0.229. The second-order valence-corrected chi connectivity index (χ2v) is 5.98. The summed E-state index contributed by atoms with van der Waals surface area (Å²) >= 11 is 1.56. The Morgan fingerprint density at radius 3 is 2.35 bits per heavy atom. The van der Waals surface area contributed by atoms with E-state index in [0.29, 0.717) is 6.42 Å². The molecule has 2 aromatic carbocycles. The van der Waals surface area contributed by atoms with Crippen LogP contribution < -0.4 is 5.48 Å². The third kappa shape index (κ3) is 3.83. The maximum absolute atomic E-state index is 11.0. The van der Waals surface area contributed by atoms with Crippen LogP contribution in [0.3, 0.4) is 0 Å². The molecule has 0 unspecified atom stereocenters. The van der Waals surface area contributed by atoms with Crippen molar-refractivity contribution in [1.29, 1.82) is 0 Å². The molecule has 4 nitrogen and oxygen atoms in total. The number of amides is 1. The number of carbonyl (C=O) groups excluding carboxylic acids is 1. The molecule has 0 radical (unpaired) electrons. The topological polar surface area (TPSA) is 62.2 Å². The first-order chi connectivity index (χ1) is 11.3. The van der Waals surface area contributed by atoms with Gasteiger partial charge in [0.25, 0.3) is 0 Å². The molecule has 3 rings (SSSR count). The van der Waals surface area contributed by atoms with Crippen molar-refractivity contribution < 1.29 is 10.0 Å². The molecule has 0 bridgehead atoms. The van der Waals surface area contributed by atoms with E-state index in [9.17, 15) is 4.79 Å². The van der Waals surface area contributed by atoms with Crippen LogP contribution in [0.4, 0.5) is 0 Å². The van der Waals surface area contributed by atoms with E-state index in [1.54, 1.807) is 16.8 Å². The normalized spacial score (nSPS) is 10.5. The summed E-state index contributed by atoms with van der Waals surface area (Å²) in [5, 5.41) is 11.4. The maximum Gasteiger partial charge on any atom is 0.243 e. The van der Waals surface area contributed by atoms with Crippen molar-refractivity contribution in [2.24, 2.45) is 0 Å². The highest BCUT2D eigenvalue weighted by molar-refractivity contribution is 7.13. The number of aromatic nitrogens is 1. The zero-order valence-corrected chi connectivity index (χ0v) is 13.2. The molecule has 0 saturated heterocycles. The van der Waals surface area contributed by atoms with Crippen LogP contribution in [0, 0.1) is 0 Å². The van der Waals surface area contributed by atoms with E-state index in [4.69, 9.17) is 5.21 Å². The van der Waals surface area contributed by atoms with Crippen LogP contribution in [0.1, 0.15) is 12.1 Å². The van der Waals surface area contributed by atoms with Gasteiger partial charge in [0.05, 0.1) is 5.69 Å². The Balaban J connectivity index is 1.73. The van der Waals surface area contributed by atoms with E-state index in [0.717, 1.165) is 16.3 Å². The third-order valence-electron chi connectivity index (χ3n) is 3.52. The smallest absolute Gasteiger partial charge is 0.243 e. The Labute approximate surface area is 138 Å². The van der Waals surface area contributed by atoms with Crippen LogP contribution in [-0.2, 0) is 11.2 Å². The van der Waals surface area contributed by atoms with Gasteiger partial charge in [-0.05, 0) is 17.5 Å². The molecule has 0 saturated carbocycles. The highest BCUT2D eigenvalue weighted by Gasteiger charge is 2.07. The molecule has 1 aromatic heterocycles. The molecule has 23 heavy (non-hydrogen) atoms. The molecule has 3 aromatic rings. The van der Waals surface area contributed by atoms with Gasteiger partial charge in [-0.15, -0.1) is 11.3 Å². The van der Waals surface area contributed by atoms with Gasteiger partial charge >= 0.3 is 0 Å². The molecular formula is C18H16N2O2S. The maximum atomic E-state index is 11.0. The lowest BCUT2D eigenvalue weighted by atomic mass is 10.0. The number of nitrogens with one attached hydrogen (secondary N) is 1. The zero-order chi connectivity index (χ0) is 16.1. The molecule has 2 N–H and O–H groups in total. The molecule has 0 spiro atoms. The Morgan fingerprint density at radius 1 is 1.00 bits per heavy atom. The molecule has 5 heteroatoms. The van der Waals surface area contributed by atoms with Gasteiger partial charge in [0.2, 0.25) is 5.91 Å². The van der Waals surface area contributed by atoms with Crippen molar-refractivity contribution in [3.63, 3.8) is 0 Å². The lowest BCUT2D eigenvalue weighted by molar-refractivity contribution is -0.129. The Hall–Kier alpha value is -2.50. The van der Waals surface area contributed by atoms with Gasteiger partial charge in [0.1, 0.15) is 5.01 Å². The third-order valence-corrected chi connectivity index (χ3v) is 4.46. The van der Waals surface area contributed by atoms with Gasteiger partial charge in [0, 0.05) is 17.4 Å². The van der Waals surface area contributed by atoms with Crippen molar-refractivity contribution in [3.05, 3.63) is 65.7 Å². The lowest BCUT2D eigenvalue weighted by Gasteiger charge is -2.02. The number of carbonyl (C=O) groups is 1. The summed E-state index contributed by atoms with van der Waals surface area (Å²) < 4.78 is 0. The summed E-state index contributed by atoms with van der Waals surface area (Å²) in [5.74, 6) is -0.397. The zero-order valence-electron chi connectivity index (χ0n) is 12.4. The van der Waals surface area contributed by atoms with Gasteiger partial charge < -0.3 is 0 Å². The molecule has 1 amide bonds. The van der Waals surface area contributed by atoms with Crippen molar-refractivity contribution in [2.45, 2.75) is 12.8 Å². The van der Waals surface area contributed by atoms with Crippen LogP contribution in [-0.4, -0.2) is 16.1 Å². The molecule has 0 aliphatic heterocycles. The molecule has 0 fully saturated rings. The number of hydrogen-bond acceptors (Lipinski definition) is 4. The standard InChI is InChI=1S/C18H16N2O2S/c21-17(20-22)11-10-16-12-23-18(19-16)15-8-6-14(7-9-15)13-4-2-1-3-5-13/h1-9,12,22H,10-11H2,(H,20,21). The predicted molar refractivity (Wildman–Crippen MR) is 91.2 cm³/mol. The number of aryl methyl sites for hydroxylation is 1. The van der Waals surface area contributed by atoms with Crippen molar-refractivity contribution in [3.8, 4) is 21.7 Å². The highest BCUT2D eigenvalue weighted by atomic mass is 32.1. The van der Waals surface area contributed by atoms with Crippen molar-refractivity contribution in [1.82, 2.24) is 10.5 Å². The summed E-state index contributed by atoms with van der Waals surface area (Å²) in [6, 6.07) is 18.5. The predicted octanol–water partition coefficient (Wildman–Crippen LogP) is 3.92. The number of hydroxylamine groups is 1. The van der Waals surface area contributed by atoms with E-state index in [-0.39, 0.29) is 6.42 Å². The largest absolute Gasteiger partial charge is 0.289 e. The van der Waals surface area contributed by atoms with Gasteiger partial charge in [0.15, 0.2) is 0 Å². The minimum atomic E-state index is -0.397. The first-order valence-electron chi connectivity index (χ1n) is 7.29. The highest BCUT2D eigenvalue weighted by Crippen LogP contribution is 2.27. The summed E-state index contributed by atoms with van der Waals surface area (Å²) in [6.45, 7) is 0. The first kappa shape index (κ1) is 15.4. The lowest BCUT2D eigenvalue weighted by Crippen LogP contribution is -2.18. The van der Waals surface area contributed by atoms with Gasteiger partial charge in [-0.25, -0.2) is 10.5 Å². The average molecular weight is 324 g/mol. The Bertz CT molecular complexity index is 782. The fourth-order valence-electron chi connectivity index (χ4n) is 2.29.